The van der Waals surface area contributed by atoms with E-state index in [0.717, 1.165) is 5.69 Å². The average Bonchev–Trinajstić information content (AvgIpc) is 2.02. The third-order valence-corrected chi connectivity index (χ3v) is 1.51. The Morgan fingerprint density at radius 2 is 1.55 bits per heavy atom. The quantitative estimate of drug-likeness (QED) is 0.555. The minimum atomic E-state index is 1.10. The Morgan fingerprint density at radius 1 is 1.00 bits per heavy atom. The molecule has 0 bridgehead atoms. The van der Waals surface area contributed by atoms with Gasteiger partial charge in [-0.15, -0.1) is 0 Å². The van der Waals surface area contributed by atoms with Gasteiger partial charge in [-0.2, -0.15) is 0 Å². The SMILES string of the molecule is CC.Cc1cc(C)c(C)cn1. The Hall–Kier alpha value is -0.850. The highest BCUT2D eigenvalue weighted by Gasteiger charge is 1.90. The van der Waals surface area contributed by atoms with Gasteiger partial charge in [-0.3, -0.25) is 4.98 Å². The molecule has 0 aliphatic heterocycles. The predicted molar refractivity (Wildman–Crippen MR) is 49.8 cm³/mol. The van der Waals surface area contributed by atoms with Gasteiger partial charge in [-0.1, -0.05) is 13.8 Å². The molecule has 0 aromatic carbocycles. The molecule has 1 nitrogen and oxygen atoms in total. The van der Waals surface area contributed by atoms with E-state index in [1.54, 1.807) is 0 Å². The first-order valence-electron chi connectivity index (χ1n) is 4.10. The van der Waals surface area contributed by atoms with E-state index in [1.165, 1.54) is 11.1 Å². The number of aryl methyl sites for hydroxylation is 3. The summed E-state index contributed by atoms with van der Waals surface area (Å²) < 4.78 is 0. The van der Waals surface area contributed by atoms with Crippen LogP contribution >= 0.6 is 0 Å². The zero-order chi connectivity index (χ0) is 8.85. The van der Waals surface area contributed by atoms with Crippen LogP contribution < -0.4 is 0 Å². The van der Waals surface area contributed by atoms with Crippen LogP contribution in [0.5, 0.6) is 0 Å². The summed E-state index contributed by atoms with van der Waals surface area (Å²) in [5.41, 5.74) is 3.68. The molecule has 0 aliphatic carbocycles. The van der Waals surface area contributed by atoms with Crippen LogP contribution in [-0.2, 0) is 0 Å². The lowest BCUT2D eigenvalue weighted by Gasteiger charge is -1.97. The molecule has 0 unspecified atom stereocenters. The number of aromatic nitrogens is 1. The van der Waals surface area contributed by atoms with Gasteiger partial charge >= 0.3 is 0 Å². The van der Waals surface area contributed by atoms with Crippen molar-refractivity contribution >= 4 is 0 Å². The maximum absolute atomic E-state index is 4.14. The van der Waals surface area contributed by atoms with Crippen molar-refractivity contribution in [3.05, 3.63) is 29.1 Å². The number of rotatable bonds is 0. The van der Waals surface area contributed by atoms with Gasteiger partial charge in [0.25, 0.3) is 0 Å². The predicted octanol–water partition coefficient (Wildman–Crippen LogP) is 3.03. The van der Waals surface area contributed by atoms with Crippen LogP contribution in [-0.4, -0.2) is 4.98 Å². The Morgan fingerprint density at radius 3 is 1.91 bits per heavy atom. The highest BCUT2D eigenvalue weighted by Crippen LogP contribution is 2.04. The molecule has 62 valence electrons. The number of hydrogen-bond donors (Lipinski definition) is 0. The molecule has 0 spiro atoms. The smallest absolute Gasteiger partial charge is 0.0375 e. The minimum absolute atomic E-state index is 1.10. The lowest BCUT2D eigenvalue weighted by atomic mass is 10.2. The Kier molecular flexibility index (Phi) is 4.51. The minimum Gasteiger partial charge on any atom is -0.261 e. The summed E-state index contributed by atoms with van der Waals surface area (Å²) in [6.45, 7) is 10.2. The highest BCUT2D eigenvalue weighted by atomic mass is 14.7. The van der Waals surface area contributed by atoms with E-state index in [0.29, 0.717) is 0 Å². The zero-order valence-corrected chi connectivity index (χ0v) is 8.10. The fraction of sp³-hybridized carbons (Fsp3) is 0.500. The van der Waals surface area contributed by atoms with E-state index in [9.17, 15) is 0 Å². The molecule has 1 aromatic rings. The van der Waals surface area contributed by atoms with Crippen molar-refractivity contribution in [2.24, 2.45) is 0 Å². The molecule has 0 radical (unpaired) electrons. The van der Waals surface area contributed by atoms with E-state index in [-0.39, 0.29) is 0 Å². The molecule has 0 saturated heterocycles. The van der Waals surface area contributed by atoms with Crippen molar-refractivity contribution in [3.63, 3.8) is 0 Å². The second-order valence-corrected chi connectivity index (χ2v) is 2.41. The fourth-order valence-corrected chi connectivity index (χ4v) is 0.765. The summed E-state index contributed by atoms with van der Waals surface area (Å²) >= 11 is 0. The molecular weight excluding hydrogens is 134 g/mol. The van der Waals surface area contributed by atoms with Crippen LogP contribution in [0, 0.1) is 20.8 Å². The van der Waals surface area contributed by atoms with Gasteiger partial charge in [0, 0.05) is 11.9 Å². The molecule has 0 fully saturated rings. The first kappa shape index (κ1) is 10.2. The number of hydrogen-bond acceptors (Lipinski definition) is 1. The third kappa shape index (κ3) is 3.17. The van der Waals surface area contributed by atoms with Crippen molar-refractivity contribution in [2.45, 2.75) is 34.6 Å². The van der Waals surface area contributed by atoms with Crippen LogP contribution in [0.3, 0.4) is 0 Å². The monoisotopic (exact) mass is 151 g/mol. The van der Waals surface area contributed by atoms with Crippen LogP contribution in [0.2, 0.25) is 0 Å². The molecule has 1 heterocycles. The second-order valence-electron chi connectivity index (χ2n) is 2.41. The van der Waals surface area contributed by atoms with Gasteiger partial charge in [0.05, 0.1) is 0 Å². The average molecular weight is 151 g/mol. The van der Waals surface area contributed by atoms with Crippen LogP contribution in [0.15, 0.2) is 12.3 Å². The van der Waals surface area contributed by atoms with Crippen LogP contribution in [0.25, 0.3) is 0 Å². The lowest BCUT2D eigenvalue weighted by Crippen LogP contribution is -1.85. The van der Waals surface area contributed by atoms with E-state index < -0.39 is 0 Å². The van der Waals surface area contributed by atoms with Gasteiger partial charge in [-0.05, 0) is 38.0 Å². The molecule has 11 heavy (non-hydrogen) atoms. The Labute approximate surface area is 69.5 Å². The summed E-state index contributed by atoms with van der Waals surface area (Å²) in [7, 11) is 0. The van der Waals surface area contributed by atoms with Gasteiger partial charge in [0.1, 0.15) is 0 Å². The molecule has 0 amide bonds. The molecule has 0 atom stereocenters. The number of pyridine rings is 1. The normalized spacial score (nSPS) is 8.45. The summed E-state index contributed by atoms with van der Waals surface area (Å²) in [5.74, 6) is 0. The Balaban J connectivity index is 0.000000461. The maximum atomic E-state index is 4.14. The van der Waals surface area contributed by atoms with Gasteiger partial charge in [0.15, 0.2) is 0 Å². The Bertz CT molecular complexity index is 216. The summed E-state index contributed by atoms with van der Waals surface area (Å²) in [5, 5.41) is 0. The van der Waals surface area contributed by atoms with Crippen LogP contribution in [0.4, 0.5) is 0 Å². The zero-order valence-electron chi connectivity index (χ0n) is 8.10. The van der Waals surface area contributed by atoms with Crippen molar-refractivity contribution in [3.8, 4) is 0 Å². The number of nitrogens with zero attached hydrogens (tertiary/aromatic N) is 1. The lowest BCUT2D eigenvalue weighted by molar-refractivity contribution is 1.14. The van der Waals surface area contributed by atoms with Crippen molar-refractivity contribution < 1.29 is 0 Å². The van der Waals surface area contributed by atoms with Crippen molar-refractivity contribution in [2.75, 3.05) is 0 Å². The van der Waals surface area contributed by atoms with Gasteiger partial charge < -0.3 is 0 Å². The highest BCUT2D eigenvalue weighted by molar-refractivity contribution is 5.22. The molecule has 1 rings (SSSR count). The molecule has 0 saturated carbocycles. The van der Waals surface area contributed by atoms with Gasteiger partial charge in [0.2, 0.25) is 0 Å². The van der Waals surface area contributed by atoms with E-state index >= 15 is 0 Å². The molecule has 0 N–H and O–H groups in total. The third-order valence-electron chi connectivity index (χ3n) is 1.51. The van der Waals surface area contributed by atoms with E-state index in [1.807, 2.05) is 27.0 Å². The van der Waals surface area contributed by atoms with Crippen molar-refractivity contribution in [1.29, 1.82) is 0 Å². The van der Waals surface area contributed by atoms with E-state index in [2.05, 4.69) is 24.9 Å². The van der Waals surface area contributed by atoms with Gasteiger partial charge in [-0.25, -0.2) is 0 Å². The largest absolute Gasteiger partial charge is 0.261 e. The van der Waals surface area contributed by atoms with E-state index in [4.69, 9.17) is 0 Å². The first-order chi connectivity index (χ1) is 5.20. The summed E-state index contributed by atoms with van der Waals surface area (Å²) in [6.07, 6.45) is 1.91. The first-order valence-corrected chi connectivity index (χ1v) is 4.10. The maximum Gasteiger partial charge on any atom is 0.0375 e. The second kappa shape index (κ2) is 4.89. The molecular formula is C10H17N. The molecule has 1 heteroatoms. The molecule has 1 aromatic heterocycles. The van der Waals surface area contributed by atoms with Crippen molar-refractivity contribution in [1.82, 2.24) is 4.98 Å². The fourth-order valence-electron chi connectivity index (χ4n) is 0.765. The topological polar surface area (TPSA) is 12.9 Å². The summed E-state index contributed by atoms with van der Waals surface area (Å²) in [6, 6.07) is 2.09. The molecule has 0 aliphatic rings. The standard InChI is InChI=1S/C8H11N.C2H6/c1-6-4-8(3)9-5-7(6)2;1-2/h4-5H,1-3H3;1-2H3. The van der Waals surface area contributed by atoms with Crippen LogP contribution in [0.1, 0.15) is 30.7 Å². The summed E-state index contributed by atoms with van der Waals surface area (Å²) in [4.78, 5) is 4.14.